The van der Waals surface area contributed by atoms with Gasteiger partial charge in [-0.1, -0.05) is 18.2 Å². The number of aryl methyl sites for hydroxylation is 3. The third-order valence-corrected chi connectivity index (χ3v) is 6.98. The summed E-state index contributed by atoms with van der Waals surface area (Å²) in [5.74, 6) is -0.232. The SMILES string of the molecule is Cc1cc(C)cc(-n2c(C)cc(/C=C3\SC(=O)N(Cc4ccc(I)cc4)C3=O)c2C)c1. The van der Waals surface area contributed by atoms with Crippen molar-refractivity contribution < 1.29 is 9.59 Å². The van der Waals surface area contributed by atoms with Gasteiger partial charge in [-0.2, -0.15) is 0 Å². The van der Waals surface area contributed by atoms with Gasteiger partial charge in [-0.15, -0.1) is 0 Å². The van der Waals surface area contributed by atoms with Crippen molar-refractivity contribution in [3.8, 4) is 5.69 Å². The molecule has 0 radical (unpaired) electrons. The fourth-order valence-electron chi connectivity index (χ4n) is 3.96. The van der Waals surface area contributed by atoms with E-state index in [1.54, 1.807) is 0 Å². The summed E-state index contributed by atoms with van der Waals surface area (Å²) in [6.45, 7) is 8.59. The zero-order valence-corrected chi connectivity index (χ0v) is 20.9. The van der Waals surface area contributed by atoms with Crippen LogP contribution in [0.4, 0.5) is 4.79 Å². The number of carbonyl (C=O) groups is 2. The molecule has 4 rings (SSSR count). The molecule has 2 aromatic carbocycles. The molecule has 0 saturated carbocycles. The van der Waals surface area contributed by atoms with Crippen LogP contribution >= 0.6 is 34.4 Å². The number of carbonyl (C=O) groups excluding carboxylic acids is 2. The molecule has 4 nitrogen and oxygen atoms in total. The highest BCUT2D eigenvalue weighted by atomic mass is 127. The van der Waals surface area contributed by atoms with Crippen molar-refractivity contribution in [2.24, 2.45) is 0 Å². The zero-order valence-electron chi connectivity index (χ0n) is 17.9. The van der Waals surface area contributed by atoms with E-state index < -0.39 is 0 Å². The van der Waals surface area contributed by atoms with E-state index in [2.05, 4.69) is 72.2 Å². The predicted molar refractivity (Wildman–Crippen MR) is 135 cm³/mol. The molecule has 0 atom stereocenters. The third kappa shape index (κ3) is 4.50. The number of halogens is 1. The summed E-state index contributed by atoms with van der Waals surface area (Å²) in [5.41, 5.74) is 7.56. The summed E-state index contributed by atoms with van der Waals surface area (Å²) >= 11 is 3.25. The minimum absolute atomic E-state index is 0.224. The van der Waals surface area contributed by atoms with Gasteiger partial charge >= 0.3 is 0 Å². The average molecular weight is 542 g/mol. The molecule has 6 heteroatoms. The first kappa shape index (κ1) is 21.9. The Balaban J connectivity index is 1.64. The van der Waals surface area contributed by atoms with E-state index in [9.17, 15) is 9.59 Å². The van der Waals surface area contributed by atoms with E-state index in [1.807, 2.05) is 37.3 Å². The Morgan fingerprint density at radius 2 is 1.58 bits per heavy atom. The Bertz CT molecular complexity index is 1200. The van der Waals surface area contributed by atoms with Gasteiger partial charge in [0.05, 0.1) is 11.4 Å². The van der Waals surface area contributed by atoms with E-state index in [4.69, 9.17) is 0 Å². The lowest BCUT2D eigenvalue weighted by Crippen LogP contribution is -2.27. The maximum Gasteiger partial charge on any atom is 0.293 e. The molecule has 2 heterocycles. The molecule has 0 spiro atoms. The van der Waals surface area contributed by atoms with E-state index in [0.29, 0.717) is 11.4 Å². The molecule has 0 N–H and O–H groups in total. The monoisotopic (exact) mass is 542 g/mol. The van der Waals surface area contributed by atoms with Crippen LogP contribution in [0.5, 0.6) is 0 Å². The molecule has 3 aromatic rings. The van der Waals surface area contributed by atoms with Crippen molar-refractivity contribution in [1.29, 1.82) is 0 Å². The van der Waals surface area contributed by atoms with Crippen molar-refractivity contribution in [2.75, 3.05) is 0 Å². The summed E-state index contributed by atoms with van der Waals surface area (Å²) in [5, 5.41) is -0.224. The first-order valence-corrected chi connectivity index (χ1v) is 11.9. The fourth-order valence-corrected chi connectivity index (χ4v) is 5.15. The molecule has 0 bridgehead atoms. The Labute approximate surface area is 200 Å². The van der Waals surface area contributed by atoms with Crippen LogP contribution in [0.2, 0.25) is 0 Å². The Hall–Kier alpha value is -2.32. The minimum atomic E-state index is -0.232. The second-order valence-corrected chi connectivity index (χ2v) is 10.1. The molecule has 31 heavy (non-hydrogen) atoms. The van der Waals surface area contributed by atoms with Gasteiger partial charge in [-0.25, -0.2) is 0 Å². The van der Waals surface area contributed by atoms with Gasteiger partial charge in [-0.3, -0.25) is 14.5 Å². The van der Waals surface area contributed by atoms with E-state index in [1.165, 1.54) is 16.0 Å². The van der Waals surface area contributed by atoms with Gasteiger partial charge < -0.3 is 4.57 Å². The Morgan fingerprint density at radius 1 is 0.935 bits per heavy atom. The van der Waals surface area contributed by atoms with Crippen LogP contribution in [0, 0.1) is 31.3 Å². The summed E-state index contributed by atoms with van der Waals surface area (Å²) < 4.78 is 3.32. The van der Waals surface area contributed by atoms with Crippen molar-refractivity contribution in [3.63, 3.8) is 0 Å². The lowest BCUT2D eigenvalue weighted by atomic mass is 10.1. The number of amides is 2. The third-order valence-electron chi connectivity index (χ3n) is 5.35. The molecule has 1 aliphatic heterocycles. The van der Waals surface area contributed by atoms with E-state index in [-0.39, 0.29) is 11.1 Å². The van der Waals surface area contributed by atoms with Crippen LogP contribution < -0.4 is 0 Å². The summed E-state index contributed by atoms with van der Waals surface area (Å²) in [6, 6.07) is 16.4. The molecular weight excluding hydrogens is 519 g/mol. The smallest absolute Gasteiger partial charge is 0.293 e. The van der Waals surface area contributed by atoms with Crippen LogP contribution in [-0.4, -0.2) is 20.6 Å². The molecule has 0 aliphatic carbocycles. The Kier molecular flexibility index (Phi) is 6.12. The van der Waals surface area contributed by atoms with Crippen molar-refractivity contribution in [3.05, 3.63) is 90.6 Å². The first-order valence-electron chi connectivity index (χ1n) is 10.0. The number of aromatic nitrogens is 1. The molecule has 158 valence electrons. The summed E-state index contributed by atoms with van der Waals surface area (Å²) in [4.78, 5) is 27.3. The normalized spacial score (nSPS) is 15.4. The van der Waals surface area contributed by atoms with Gasteiger partial charge in [0.1, 0.15) is 0 Å². The molecule has 1 aliphatic rings. The maximum atomic E-state index is 13.0. The predicted octanol–water partition coefficient (Wildman–Crippen LogP) is 6.55. The first-order chi connectivity index (χ1) is 14.7. The highest BCUT2D eigenvalue weighted by Gasteiger charge is 2.35. The number of thioether (sulfide) groups is 1. The summed E-state index contributed by atoms with van der Waals surface area (Å²) in [6.07, 6.45) is 1.85. The van der Waals surface area contributed by atoms with E-state index in [0.717, 1.165) is 43.5 Å². The molecular formula is C25H23IN2O2S. The number of hydrogen-bond donors (Lipinski definition) is 0. The lowest BCUT2D eigenvalue weighted by molar-refractivity contribution is -0.123. The number of imide groups is 1. The van der Waals surface area contributed by atoms with Crippen molar-refractivity contribution in [2.45, 2.75) is 34.2 Å². The zero-order chi connectivity index (χ0) is 22.3. The number of nitrogens with zero attached hydrogens (tertiary/aromatic N) is 2. The highest BCUT2D eigenvalue weighted by Crippen LogP contribution is 2.35. The van der Waals surface area contributed by atoms with Gasteiger partial charge in [0.15, 0.2) is 0 Å². The molecule has 1 fully saturated rings. The van der Waals surface area contributed by atoms with Crippen LogP contribution in [0.3, 0.4) is 0 Å². The quantitative estimate of drug-likeness (QED) is 0.277. The largest absolute Gasteiger partial charge is 0.318 e. The van der Waals surface area contributed by atoms with Crippen molar-refractivity contribution >= 4 is 51.6 Å². The van der Waals surface area contributed by atoms with Crippen molar-refractivity contribution in [1.82, 2.24) is 9.47 Å². The van der Waals surface area contributed by atoms with Gasteiger partial charge in [0.25, 0.3) is 11.1 Å². The Morgan fingerprint density at radius 3 is 2.23 bits per heavy atom. The average Bonchev–Trinajstić information content (AvgIpc) is 3.12. The van der Waals surface area contributed by atoms with E-state index >= 15 is 0 Å². The summed E-state index contributed by atoms with van der Waals surface area (Å²) in [7, 11) is 0. The number of hydrogen-bond acceptors (Lipinski definition) is 3. The topological polar surface area (TPSA) is 42.3 Å². The molecule has 1 aromatic heterocycles. The van der Waals surface area contributed by atoms with Crippen LogP contribution in [0.15, 0.2) is 53.4 Å². The fraction of sp³-hybridized carbons (Fsp3) is 0.200. The second-order valence-electron chi connectivity index (χ2n) is 7.90. The molecule has 1 saturated heterocycles. The number of rotatable bonds is 4. The lowest BCUT2D eigenvalue weighted by Gasteiger charge is -2.12. The van der Waals surface area contributed by atoms with Gasteiger partial charge in [0, 0.05) is 20.6 Å². The van der Waals surface area contributed by atoms with Crippen LogP contribution in [0.1, 0.15) is 33.6 Å². The number of benzene rings is 2. The van der Waals surface area contributed by atoms with Crippen LogP contribution in [0.25, 0.3) is 11.8 Å². The standard InChI is InChI=1S/C25H23IN2O2S/c1-15-9-16(2)11-22(10-15)28-17(3)12-20(18(28)4)13-23-24(29)27(25(30)31-23)14-19-5-7-21(26)8-6-19/h5-13H,14H2,1-4H3/b23-13-. The van der Waals surface area contributed by atoms with Gasteiger partial charge in [0.2, 0.25) is 0 Å². The highest BCUT2D eigenvalue weighted by molar-refractivity contribution is 14.1. The van der Waals surface area contributed by atoms with Crippen LogP contribution in [-0.2, 0) is 11.3 Å². The van der Waals surface area contributed by atoms with Gasteiger partial charge in [-0.05, 0) is 121 Å². The molecule has 2 amide bonds. The molecule has 0 unspecified atom stereocenters. The maximum absolute atomic E-state index is 13.0. The minimum Gasteiger partial charge on any atom is -0.318 e. The second kappa shape index (κ2) is 8.67.